The Bertz CT molecular complexity index is 509. The third kappa shape index (κ3) is 2.81. The van der Waals surface area contributed by atoms with Gasteiger partial charge in [0.15, 0.2) is 0 Å². The summed E-state index contributed by atoms with van der Waals surface area (Å²) < 4.78 is 0. The molecule has 0 fully saturated rings. The van der Waals surface area contributed by atoms with Crippen molar-refractivity contribution in [2.24, 2.45) is 0 Å². The largest absolute Gasteiger partial charge is 0.488 e. The van der Waals surface area contributed by atoms with Gasteiger partial charge in [-0.1, -0.05) is 61.9 Å². The molecule has 0 bridgehead atoms. The van der Waals surface area contributed by atoms with Gasteiger partial charge in [0.25, 0.3) is 0 Å². The van der Waals surface area contributed by atoms with Gasteiger partial charge in [-0.2, -0.15) is 0 Å². The van der Waals surface area contributed by atoms with Crippen molar-refractivity contribution in [2.45, 2.75) is 19.8 Å². The molecule has 0 spiro atoms. The Labute approximate surface area is 108 Å². The molecule has 0 aromatic heterocycles. The van der Waals surface area contributed by atoms with Gasteiger partial charge >= 0.3 is 7.12 Å². The topological polar surface area (TPSA) is 40.5 Å². The van der Waals surface area contributed by atoms with Crippen molar-refractivity contribution in [1.82, 2.24) is 0 Å². The summed E-state index contributed by atoms with van der Waals surface area (Å²) in [5.74, 6) is 0. The van der Waals surface area contributed by atoms with E-state index in [9.17, 15) is 10.0 Å². The lowest BCUT2D eigenvalue weighted by molar-refractivity contribution is 0.425. The minimum atomic E-state index is -1.40. The maximum Gasteiger partial charge on any atom is 0.488 e. The van der Waals surface area contributed by atoms with Crippen molar-refractivity contribution >= 4 is 12.6 Å². The second-order valence-electron chi connectivity index (χ2n) is 4.41. The van der Waals surface area contributed by atoms with Crippen molar-refractivity contribution in [3.05, 3.63) is 54.1 Å². The molecule has 2 aromatic carbocycles. The fraction of sp³-hybridized carbons (Fsp3) is 0.200. The van der Waals surface area contributed by atoms with E-state index in [1.54, 1.807) is 6.07 Å². The third-order valence-electron chi connectivity index (χ3n) is 3.03. The van der Waals surface area contributed by atoms with Crippen LogP contribution in [-0.4, -0.2) is 17.2 Å². The van der Waals surface area contributed by atoms with Gasteiger partial charge in [0.2, 0.25) is 0 Å². The first-order valence-electron chi connectivity index (χ1n) is 6.26. The van der Waals surface area contributed by atoms with Gasteiger partial charge in [0.05, 0.1) is 0 Å². The number of benzene rings is 2. The molecule has 0 radical (unpaired) electrons. The number of hydrogen-bond acceptors (Lipinski definition) is 2. The molecule has 0 saturated heterocycles. The van der Waals surface area contributed by atoms with Crippen LogP contribution >= 0.6 is 0 Å². The lowest BCUT2D eigenvalue weighted by Crippen LogP contribution is -2.30. The highest BCUT2D eigenvalue weighted by atomic mass is 16.4. The fourth-order valence-corrected chi connectivity index (χ4v) is 2.15. The lowest BCUT2D eigenvalue weighted by Gasteiger charge is -2.11. The molecule has 92 valence electrons. The van der Waals surface area contributed by atoms with Crippen LogP contribution in [0, 0.1) is 0 Å². The van der Waals surface area contributed by atoms with Gasteiger partial charge in [-0.05, 0) is 28.6 Å². The van der Waals surface area contributed by atoms with Crippen LogP contribution in [-0.2, 0) is 6.42 Å². The summed E-state index contributed by atoms with van der Waals surface area (Å²) in [7, 11) is -1.40. The summed E-state index contributed by atoms with van der Waals surface area (Å²) >= 11 is 0. The van der Waals surface area contributed by atoms with E-state index >= 15 is 0 Å². The normalized spacial score (nSPS) is 10.4. The highest BCUT2D eigenvalue weighted by molar-refractivity contribution is 6.58. The van der Waals surface area contributed by atoms with Crippen molar-refractivity contribution < 1.29 is 10.0 Å². The molecular formula is C15H17BO2. The van der Waals surface area contributed by atoms with E-state index < -0.39 is 7.12 Å². The average Bonchev–Trinajstić information content (AvgIpc) is 2.40. The molecule has 2 N–H and O–H groups in total. The van der Waals surface area contributed by atoms with Gasteiger partial charge in [-0.15, -0.1) is 0 Å². The first kappa shape index (κ1) is 12.9. The maximum atomic E-state index is 9.23. The monoisotopic (exact) mass is 240 g/mol. The summed E-state index contributed by atoms with van der Waals surface area (Å²) in [6.07, 6.45) is 1.97. The summed E-state index contributed by atoms with van der Waals surface area (Å²) in [4.78, 5) is 0. The van der Waals surface area contributed by atoms with Crippen LogP contribution in [0.1, 0.15) is 18.9 Å². The van der Waals surface area contributed by atoms with Crippen molar-refractivity contribution in [2.75, 3.05) is 0 Å². The third-order valence-corrected chi connectivity index (χ3v) is 3.03. The molecule has 3 heteroatoms. The van der Waals surface area contributed by atoms with Gasteiger partial charge in [-0.3, -0.25) is 0 Å². The maximum absolute atomic E-state index is 9.23. The Balaban J connectivity index is 2.47. The summed E-state index contributed by atoms with van der Waals surface area (Å²) in [5, 5.41) is 18.5. The summed E-state index contributed by atoms with van der Waals surface area (Å²) in [6, 6.07) is 15.8. The Morgan fingerprint density at radius 2 is 1.72 bits per heavy atom. The van der Waals surface area contributed by atoms with Crippen LogP contribution in [0.2, 0.25) is 0 Å². The van der Waals surface area contributed by atoms with Crippen LogP contribution in [0.25, 0.3) is 11.1 Å². The zero-order chi connectivity index (χ0) is 13.0. The Hall–Kier alpha value is -1.58. The van der Waals surface area contributed by atoms with E-state index in [-0.39, 0.29) is 0 Å². The van der Waals surface area contributed by atoms with Gasteiger partial charge < -0.3 is 10.0 Å². The molecule has 0 unspecified atom stereocenters. The smallest absolute Gasteiger partial charge is 0.423 e. The van der Waals surface area contributed by atoms with E-state index in [1.165, 1.54) is 11.1 Å². The van der Waals surface area contributed by atoms with E-state index in [2.05, 4.69) is 19.1 Å². The van der Waals surface area contributed by atoms with Crippen LogP contribution in [0.3, 0.4) is 0 Å². The molecule has 0 aliphatic rings. The highest BCUT2D eigenvalue weighted by Crippen LogP contribution is 2.23. The first-order chi connectivity index (χ1) is 8.72. The molecule has 0 aliphatic carbocycles. The quantitative estimate of drug-likeness (QED) is 0.802. The number of aryl methyl sites for hydroxylation is 1. The fourth-order valence-electron chi connectivity index (χ4n) is 2.15. The zero-order valence-electron chi connectivity index (χ0n) is 10.5. The Morgan fingerprint density at radius 1 is 1.00 bits per heavy atom. The molecule has 0 saturated carbocycles. The SMILES string of the molecule is CCCc1cc(B(O)O)ccc1-c1ccccc1. The molecule has 0 atom stereocenters. The Kier molecular flexibility index (Phi) is 4.18. The van der Waals surface area contributed by atoms with Crippen LogP contribution < -0.4 is 5.46 Å². The predicted octanol–water partition coefficient (Wildman–Crippen LogP) is 1.99. The molecule has 2 rings (SSSR count). The summed E-state index contributed by atoms with van der Waals surface area (Å²) in [5.41, 5.74) is 4.05. The van der Waals surface area contributed by atoms with Crippen LogP contribution in [0.4, 0.5) is 0 Å². The zero-order valence-corrected chi connectivity index (χ0v) is 10.5. The van der Waals surface area contributed by atoms with Gasteiger partial charge in [-0.25, -0.2) is 0 Å². The molecule has 0 heterocycles. The summed E-state index contributed by atoms with van der Waals surface area (Å²) in [6.45, 7) is 2.12. The van der Waals surface area contributed by atoms with Crippen LogP contribution in [0.15, 0.2) is 48.5 Å². The van der Waals surface area contributed by atoms with E-state index in [0.29, 0.717) is 5.46 Å². The number of rotatable bonds is 4. The minimum absolute atomic E-state index is 0.554. The van der Waals surface area contributed by atoms with Crippen molar-refractivity contribution in [3.8, 4) is 11.1 Å². The Morgan fingerprint density at radius 3 is 2.33 bits per heavy atom. The molecule has 0 amide bonds. The van der Waals surface area contributed by atoms with Gasteiger partial charge in [0, 0.05) is 0 Å². The van der Waals surface area contributed by atoms with E-state index in [1.807, 2.05) is 30.3 Å². The molecule has 2 nitrogen and oxygen atoms in total. The molecule has 0 aliphatic heterocycles. The average molecular weight is 240 g/mol. The van der Waals surface area contributed by atoms with E-state index in [4.69, 9.17) is 0 Å². The van der Waals surface area contributed by atoms with Gasteiger partial charge in [0.1, 0.15) is 0 Å². The lowest BCUT2D eigenvalue weighted by atomic mass is 9.78. The second kappa shape index (κ2) is 5.85. The van der Waals surface area contributed by atoms with E-state index in [0.717, 1.165) is 18.4 Å². The highest BCUT2D eigenvalue weighted by Gasteiger charge is 2.13. The van der Waals surface area contributed by atoms with Crippen molar-refractivity contribution in [3.63, 3.8) is 0 Å². The standard InChI is InChI=1S/C15H17BO2/c1-2-6-13-11-14(16(17)18)9-10-15(13)12-7-4-3-5-8-12/h3-5,7-11,17-18H,2,6H2,1H3. The minimum Gasteiger partial charge on any atom is -0.423 e. The second-order valence-corrected chi connectivity index (χ2v) is 4.41. The van der Waals surface area contributed by atoms with Crippen molar-refractivity contribution in [1.29, 1.82) is 0 Å². The molecular weight excluding hydrogens is 223 g/mol. The predicted molar refractivity (Wildman–Crippen MR) is 75.7 cm³/mol. The molecule has 2 aromatic rings. The number of hydrogen-bond donors (Lipinski definition) is 2. The van der Waals surface area contributed by atoms with Crippen LogP contribution in [0.5, 0.6) is 0 Å². The first-order valence-corrected chi connectivity index (χ1v) is 6.26. The molecule has 18 heavy (non-hydrogen) atoms.